The second kappa shape index (κ2) is 7.22. The highest BCUT2D eigenvalue weighted by Gasteiger charge is 2.25. The van der Waals surface area contributed by atoms with Gasteiger partial charge in [0.05, 0.1) is 7.11 Å². The summed E-state index contributed by atoms with van der Waals surface area (Å²) in [4.78, 5) is 12.3. The van der Waals surface area contributed by atoms with Gasteiger partial charge in [-0.2, -0.15) is 0 Å². The average Bonchev–Trinajstić information content (AvgIpc) is 2.52. The summed E-state index contributed by atoms with van der Waals surface area (Å²) in [5.41, 5.74) is 0. The van der Waals surface area contributed by atoms with Crippen molar-refractivity contribution >= 4 is 16.1 Å². The molecule has 128 valence electrons. The Morgan fingerprint density at radius 2 is 2.00 bits per heavy atom. The van der Waals surface area contributed by atoms with E-state index >= 15 is 0 Å². The van der Waals surface area contributed by atoms with Crippen LogP contribution in [0, 0.1) is 17.6 Å². The molecule has 0 aliphatic carbocycles. The van der Waals surface area contributed by atoms with E-state index in [0.29, 0.717) is 32.0 Å². The van der Waals surface area contributed by atoms with Gasteiger partial charge in [0.25, 0.3) is 0 Å². The van der Waals surface area contributed by atoms with Crippen LogP contribution in [0.5, 0.6) is 0 Å². The third-order valence-electron chi connectivity index (χ3n) is 3.79. The molecule has 1 fully saturated rings. The summed E-state index contributed by atoms with van der Waals surface area (Å²) < 4.78 is 57.5. The molecule has 1 saturated heterocycles. The van der Waals surface area contributed by atoms with E-state index < -0.39 is 32.6 Å². The van der Waals surface area contributed by atoms with Gasteiger partial charge in [0, 0.05) is 25.7 Å². The Hall–Kier alpha value is -1.74. The first kappa shape index (κ1) is 17.6. The van der Waals surface area contributed by atoms with Crippen LogP contribution in [0.15, 0.2) is 23.1 Å². The summed E-state index contributed by atoms with van der Waals surface area (Å²) >= 11 is 0. The number of hydrogen-bond acceptors (Lipinski definition) is 4. The van der Waals surface area contributed by atoms with Crippen LogP contribution in [-0.2, 0) is 14.8 Å². The van der Waals surface area contributed by atoms with Crippen molar-refractivity contribution in [3.63, 3.8) is 0 Å². The molecule has 1 N–H and O–H groups in total. The number of sulfonamides is 1. The first-order chi connectivity index (χ1) is 10.8. The molecule has 9 heteroatoms. The van der Waals surface area contributed by atoms with E-state index in [-0.39, 0.29) is 12.5 Å². The number of benzene rings is 1. The first-order valence-electron chi connectivity index (χ1n) is 7.11. The number of nitrogens with zero attached hydrogens (tertiary/aromatic N) is 1. The summed E-state index contributed by atoms with van der Waals surface area (Å²) in [6.45, 7) is 1.09. The topological polar surface area (TPSA) is 75.7 Å². The molecular weight excluding hydrogens is 330 g/mol. The second-order valence-corrected chi connectivity index (χ2v) is 7.06. The molecule has 1 amide bonds. The van der Waals surface area contributed by atoms with Gasteiger partial charge in [-0.15, -0.1) is 0 Å². The molecule has 23 heavy (non-hydrogen) atoms. The predicted molar refractivity (Wildman–Crippen MR) is 78.2 cm³/mol. The average molecular weight is 348 g/mol. The molecule has 6 nitrogen and oxygen atoms in total. The van der Waals surface area contributed by atoms with Crippen molar-refractivity contribution in [2.24, 2.45) is 5.92 Å². The maximum atomic E-state index is 13.6. The van der Waals surface area contributed by atoms with Gasteiger partial charge in [0.2, 0.25) is 10.0 Å². The SMILES string of the molecule is COC(=O)N1CCC(CNS(=O)(=O)c2ccc(F)cc2F)CC1. The van der Waals surface area contributed by atoms with Crippen LogP contribution in [-0.4, -0.2) is 46.2 Å². The standard InChI is InChI=1S/C14H18F2N2O4S/c1-22-14(19)18-6-4-10(5-7-18)9-17-23(20,21)13-3-2-11(15)8-12(13)16/h2-3,8,10,17H,4-7,9H2,1H3. The van der Waals surface area contributed by atoms with E-state index in [0.717, 1.165) is 12.1 Å². The zero-order valence-electron chi connectivity index (χ0n) is 12.6. The molecule has 0 bridgehead atoms. The minimum atomic E-state index is -4.04. The molecule has 0 atom stereocenters. The quantitative estimate of drug-likeness (QED) is 0.899. The van der Waals surface area contributed by atoms with Gasteiger partial charge in [-0.3, -0.25) is 0 Å². The third kappa shape index (κ3) is 4.38. The number of hydrogen-bond donors (Lipinski definition) is 1. The van der Waals surface area contributed by atoms with Gasteiger partial charge in [-0.1, -0.05) is 0 Å². The molecule has 2 rings (SSSR count). The smallest absolute Gasteiger partial charge is 0.409 e. The number of ether oxygens (including phenoxy) is 1. The Morgan fingerprint density at radius 1 is 1.35 bits per heavy atom. The fraction of sp³-hybridized carbons (Fsp3) is 0.500. The Kier molecular flexibility index (Phi) is 5.53. The number of carbonyl (C=O) groups excluding carboxylic acids is 1. The Balaban J connectivity index is 1.92. The number of rotatable bonds is 4. The van der Waals surface area contributed by atoms with E-state index in [1.807, 2.05) is 0 Å². The molecule has 1 aliphatic heterocycles. The molecule has 0 saturated carbocycles. The van der Waals surface area contributed by atoms with E-state index in [9.17, 15) is 22.0 Å². The highest BCUT2D eigenvalue weighted by Crippen LogP contribution is 2.19. The van der Waals surface area contributed by atoms with Crippen LogP contribution in [0.4, 0.5) is 13.6 Å². The highest BCUT2D eigenvalue weighted by molar-refractivity contribution is 7.89. The van der Waals surface area contributed by atoms with Gasteiger partial charge in [-0.05, 0) is 30.9 Å². The van der Waals surface area contributed by atoms with Crippen molar-refractivity contribution in [1.29, 1.82) is 0 Å². The van der Waals surface area contributed by atoms with Crippen LogP contribution in [0.1, 0.15) is 12.8 Å². The van der Waals surface area contributed by atoms with E-state index in [4.69, 9.17) is 0 Å². The van der Waals surface area contributed by atoms with E-state index in [1.54, 1.807) is 4.90 Å². The fourth-order valence-corrected chi connectivity index (χ4v) is 3.62. The summed E-state index contributed by atoms with van der Waals surface area (Å²) in [6, 6.07) is 2.32. The summed E-state index contributed by atoms with van der Waals surface area (Å²) in [7, 11) is -2.73. The lowest BCUT2D eigenvalue weighted by Gasteiger charge is -2.30. The normalized spacial score (nSPS) is 16.4. The third-order valence-corrected chi connectivity index (χ3v) is 5.25. The van der Waals surface area contributed by atoms with Crippen molar-refractivity contribution in [1.82, 2.24) is 9.62 Å². The summed E-state index contributed by atoms with van der Waals surface area (Å²) in [5, 5.41) is 0. The second-order valence-electron chi connectivity index (χ2n) is 5.33. The molecule has 1 heterocycles. The minimum absolute atomic E-state index is 0.0363. The number of nitrogens with one attached hydrogen (secondary N) is 1. The number of methoxy groups -OCH3 is 1. The molecule has 1 aliphatic rings. The maximum absolute atomic E-state index is 13.6. The summed E-state index contributed by atoms with van der Waals surface area (Å²) in [5.74, 6) is -1.93. The van der Waals surface area contributed by atoms with Crippen LogP contribution < -0.4 is 4.72 Å². The molecule has 0 spiro atoms. The van der Waals surface area contributed by atoms with Gasteiger partial charge < -0.3 is 9.64 Å². The fourth-order valence-electron chi connectivity index (χ4n) is 2.45. The molecule has 0 unspecified atom stereocenters. The van der Waals surface area contributed by atoms with Gasteiger partial charge >= 0.3 is 6.09 Å². The lowest BCUT2D eigenvalue weighted by molar-refractivity contribution is 0.106. The van der Waals surface area contributed by atoms with Crippen LogP contribution >= 0.6 is 0 Å². The zero-order valence-corrected chi connectivity index (χ0v) is 13.4. The van der Waals surface area contributed by atoms with Gasteiger partial charge in [0.15, 0.2) is 0 Å². The predicted octanol–water partition coefficient (Wildman–Crippen LogP) is 1.72. The lowest BCUT2D eigenvalue weighted by atomic mass is 9.97. The largest absolute Gasteiger partial charge is 0.453 e. The molecule has 1 aromatic carbocycles. The highest BCUT2D eigenvalue weighted by atomic mass is 32.2. The Labute approximate surface area is 133 Å². The monoisotopic (exact) mass is 348 g/mol. The number of likely N-dealkylation sites (tertiary alicyclic amines) is 1. The van der Waals surface area contributed by atoms with Crippen LogP contribution in [0.3, 0.4) is 0 Å². The molecule has 0 radical (unpaired) electrons. The van der Waals surface area contributed by atoms with Crippen molar-refractivity contribution in [3.8, 4) is 0 Å². The van der Waals surface area contributed by atoms with Crippen molar-refractivity contribution < 1.29 is 26.7 Å². The van der Waals surface area contributed by atoms with Crippen LogP contribution in [0.2, 0.25) is 0 Å². The van der Waals surface area contributed by atoms with Crippen molar-refractivity contribution in [3.05, 3.63) is 29.8 Å². The van der Waals surface area contributed by atoms with E-state index in [2.05, 4.69) is 9.46 Å². The summed E-state index contributed by atoms with van der Waals surface area (Å²) in [6.07, 6.45) is 0.824. The maximum Gasteiger partial charge on any atom is 0.409 e. The lowest BCUT2D eigenvalue weighted by Crippen LogP contribution is -2.41. The minimum Gasteiger partial charge on any atom is -0.453 e. The Bertz CT molecular complexity index is 673. The van der Waals surface area contributed by atoms with Crippen molar-refractivity contribution in [2.75, 3.05) is 26.7 Å². The number of amides is 1. The van der Waals surface area contributed by atoms with E-state index in [1.165, 1.54) is 7.11 Å². The molecule has 1 aromatic rings. The number of halogens is 2. The van der Waals surface area contributed by atoms with Gasteiger partial charge in [0.1, 0.15) is 16.5 Å². The number of piperidine rings is 1. The van der Waals surface area contributed by atoms with Crippen LogP contribution in [0.25, 0.3) is 0 Å². The Morgan fingerprint density at radius 3 is 2.57 bits per heavy atom. The zero-order chi connectivity index (χ0) is 17.0. The van der Waals surface area contributed by atoms with Gasteiger partial charge in [-0.25, -0.2) is 26.7 Å². The molecule has 0 aromatic heterocycles. The molecular formula is C14H18F2N2O4S. The first-order valence-corrected chi connectivity index (χ1v) is 8.59. The van der Waals surface area contributed by atoms with Crippen molar-refractivity contribution in [2.45, 2.75) is 17.7 Å². The number of carbonyl (C=O) groups is 1.